The van der Waals surface area contributed by atoms with Gasteiger partial charge in [0.2, 0.25) is 0 Å². The Labute approximate surface area is 127 Å². The van der Waals surface area contributed by atoms with Crippen LogP contribution in [0.15, 0.2) is 18.2 Å². The molecule has 0 saturated carbocycles. The fourth-order valence-corrected chi connectivity index (χ4v) is 2.51. The Morgan fingerprint density at radius 3 is 2.29 bits per heavy atom. The third-order valence-corrected chi connectivity index (χ3v) is 3.55. The second-order valence-electron chi connectivity index (χ2n) is 6.19. The van der Waals surface area contributed by atoms with E-state index in [0.29, 0.717) is 30.6 Å². The van der Waals surface area contributed by atoms with E-state index in [9.17, 15) is 8.78 Å². The molecule has 1 rings (SSSR count). The minimum absolute atomic E-state index is 0.202. The molecule has 0 spiro atoms. The van der Waals surface area contributed by atoms with Crippen LogP contribution in [-0.2, 0) is 0 Å². The summed E-state index contributed by atoms with van der Waals surface area (Å²) in [6, 6.07) is 4.56. The maximum Gasteiger partial charge on any atom is 0.163 e. The number of nitrogens with zero attached hydrogens (tertiary/aromatic N) is 1. The molecule has 1 N–H and O–H groups in total. The molecule has 120 valence electrons. The van der Waals surface area contributed by atoms with Crippen LogP contribution in [0.2, 0.25) is 0 Å². The molecule has 0 aliphatic heterocycles. The number of hydrogen-bond donors (Lipinski definition) is 1. The molecular formula is C17H28F2N2. The minimum atomic E-state index is -0.782. The number of rotatable bonds is 8. The lowest BCUT2D eigenvalue weighted by atomic mass is 10.0. The summed E-state index contributed by atoms with van der Waals surface area (Å²) in [5.41, 5.74) is 0.409. The van der Waals surface area contributed by atoms with Crippen molar-refractivity contribution in [2.45, 2.75) is 46.7 Å². The van der Waals surface area contributed by atoms with Crippen LogP contribution in [0.5, 0.6) is 0 Å². The van der Waals surface area contributed by atoms with Gasteiger partial charge in [-0.05, 0) is 32.4 Å². The molecule has 0 amide bonds. The van der Waals surface area contributed by atoms with Crippen LogP contribution in [0.3, 0.4) is 0 Å². The van der Waals surface area contributed by atoms with Crippen molar-refractivity contribution in [3.63, 3.8) is 0 Å². The van der Waals surface area contributed by atoms with Gasteiger partial charge in [0, 0.05) is 30.7 Å². The Morgan fingerprint density at radius 1 is 1.10 bits per heavy atom. The van der Waals surface area contributed by atoms with Crippen molar-refractivity contribution in [3.8, 4) is 0 Å². The van der Waals surface area contributed by atoms with E-state index in [1.54, 1.807) is 12.1 Å². The second kappa shape index (κ2) is 8.44. The maximum atomic E-state index is 14.1. The first kappa shape index (κ1) is 18.1. The van der Waals surface area contributed by atoms with E-state index in [1.165, 1.54) is 0 Å². The average Bonchev–Trinajstić information content (AvgIpc) is 2.40. The highest BCUT2D eigenvalue weighted by Gasteiger charge is 2.22. The molecule has 1 aromatic rings. The van der Waals surface area contributed by atoms with Gasteiger partial charge in [-0.25, -0.2) is 8.78 Å². The lowest BCUT2D eigenvalue weighted by Crippen LogP contribution is -2.41. The zero-order valence-corrected chi connectivity index (χ0v) is 13.8. The standard InChI is InChI=1S/C17H28F2N2/c1-6-20-16(11-21(13(4)5)10-12(2)3)14-8-7-9-15(18)17(14)19/h7-9,12-13,16,20H,6,10-11H2,1-5H3. The van der Waals surface area contributed by atoms with Crippen molar-refractivity contribution >= 4 is 0 Å². The lowest BCUT2D eigenvalue weighted by molar-refractivity contribution is 0.176. The van der Waals surface area contributed by atoms with Gasteiger partial charge in [-0.1, -0.05) is 32.9 Å². The van der Waals surface area contributed by atoms with Gasteiger partial charge in [0.15, 0.2) is 11.6 Å². The zero-order valence-electron chi connectivity index (χ0n) is 13.8. The van der Waals surface area contributed by atoms with Crippen molar-refractivity contribution in [3.05, 3.63) is 35.4 Å². The van der Waals surface area contributed by atoms with Crippen LogP contribution in [0.4, 0.5) is 8.78 Å². The van der Waals surface area contributed by atoms with Crippen LogP contribution in [0.25, 0.3) is 0 Å². The van der Waals surface area contributed by atoms with Gasteiger partial charge in [-0.3, -0.25) is 4.90 Å². The molecule has 1 aromatic carbocycles. The van der Waals surface area contributed by atoms with Gasteiger partial charge in [0.05, 0.1) is 0 Å². The van der Waals surface area contributed by atoms with E-state index >= 15 is 0 Å². The molecule has 1 unspecified atom stereocenters. The van der Waals surface area contributed by atoms with Crippen molar-refractivity contribution < 1.29 is 8.78 Å². The minimum Gasteiger partial charge on any atom is -0.309 e. The molecule has 0 saturated heterocycles. The Bertz CT molecular complexity index is 433. The summed E-state index contributed by atoms with van der Waals surface area (Å²) in [5.74, 6) is -0.987. The Balaban J connectivity index is 2.97. The first-order valence-corrected chi connectivity index (χ1v) is 7.78. The maximum absolute atomic E-state index is 14.1. The summed E-state index contributed by atoms with van der Waals surface area (Å²) in [5, 5.41) is 3.28. The quantitative estimate of drug-likeness (QED) is 0.781. The Morgan fingerprint density at radius 2 is 1.76 bits per heavy atom. The molecule has 0 fully saturated rings. The summed E-state index contributed by atoms with van der Waals surface area (Å²) in [6.45, 7) is 12.9. The van der Waals surface area contributed by atoms with E-state index in [4.69, 9.17) is 0 Å². The number of halogens is 2. The average molecular weight is 298 g/mol. The SMILES string of the molecule is CCNC(CN(CC(C)C)C(C)C)c1cccc(F)c1F. The predicted molar refractivity (Wildman–Crippen MR) is 84.3 cm³/mol. The highest BCUT2D eigenvalue weighted by Crippen LogP contribution is 2.21. The zero-order chi connectivity index (χ0) is 16.0. The van der Waals surface area contributed by atoms with Gasteiger partial charge >= 0.3 is 0 Å². The highest BCUT2D eigenvalue weighted by atomic mass is 19.2. The lowest BCUT2D eigenvalue weighted by Gasteiger charge is -2.32. The fourth-order valence-electron chi connectivity index (χ4n) is 2.51. The van der Waals surface area contributed by atoms with Crippen LogP contribution in [0, 0.1) is 17.6 Å². The van der Waals surface area contributed by atoms with E-state index in [2.05, 4.69) is 37.9 Å². The summed E-state index contributed by atoms with van der Waals surface area (Å²) < 4.78 is 27.5. The molecule has 0 radical (unpaired) electrons. The molecule has 0 aromatic heterocycles. The molecule has 0 heterocycles. The van der Waals surface area contributed by atoms with Crippen molar-refractivity contribution in [2.75, 3.05) is 19.6 Å². The van der Waals surface area contributed by atoms with Crippen molar-refractivity contribution in [1.82, 2.24) is 10.2 Å². The topological polar surface area (TPSA) is 15.3 Å². The summed E-state index contributed by atoms with van der Waals surface area (Å²) in [7, 11) is 0. The highest BCUT2D eigenvalue weighted by molar-refractivity contribution is 5.23. The van der Waals surface area contributed by atoms with Crippen molar-refractivity contribution in [1.29, 1.82) is 0 Å². The number of nitrogens with one attached hydrogen (secondary N) is 1. The molecule has 21 heavy (non-hydrogen) atoms. The molecule has 4 heteroatoms. The summed E-state index contributed by atoms with van der Waals surface area (Å²) >= 11 is 0. The summed E-state index contributed by atoms with van der Waals surface area (Å²) in [4.78, 5) is 2.31. The van der Waals surface area contributed by atoms with Crippen LogP contribution in [-0.4, -0.2) is 30.6 Å². The molecule has 0 aliphatic carbocycles. The van der Waals surface area contributed by atoms with Crippen LogP contribution < -0.4 is 5.32 Å². The largest absolute Gasteiger partial charge is 0.309 e. The second-order valence-corrected chi connectivity index (χ2v) is 6.19. The van der Waals surface area contributed by atoms with Crippen molar-refractivity contribution in [2.24, 2.45) is 5.92 Å². The third-order valence-electron chi connectivity index (χ3n) is 3.55. The molecule has 1 atom stereocenters. The van der Waals surface area contributed by atoms with Gasteiger partial charge < -0.3 is 5.32 Å². The Kier molecular flexibility index (Phi) is 7.26. The van der Waals surface area contributed by atoms with E-state index in [0.717, 1.165) is 12.6 Å². The Hall–Kier alpha value is -1.00. The first-order chi connectivity index (χ1) is 9.86. The third kappa shape index (κ3) is 5.36. The van der Waals surface area contributed by atoms with Gasteiger partial charge in [0.1, 0.15) is 0 Å². The van der Waals surface area contributed by atoms with E-state index < -0.39 is 11.6 Å². The van der Waals surface area contributed by atoms with Crippen LogP contribution >= 0.6 is 0 Å². The normalized spacial score (nSPS) is 13.4. The predicted octanol–water partition coefficient (Wildman–Crippen LogP) is 3.98. The monoisotopic (exact) mass is 298 g/mol. The summed E-state index contributed by atoms with van der Waals surface area (Å²) in [6.07, 6.45) is 0. The van der Waals surface area contributed by atoms with Gasteiger partial charge in [-0.2, -0.15) is 0 Å². The fraction of sp³-hybridized carbons (Fsp3) is 0.647. The van der Waals surface area contributed by atoms with Gasteiger partial charge in [-0.15, -0.1) is 0 Å². The van der Waals surface area contributed by atoms with E-state index in [1.807, 2.05) is 6.92 Å². The van der Waals surface area contributed by atoms with Gasteiger partial charge in [0.25, 0.3) is 0 Å². The smallest absolute Gasteiger partial charge is 0.163 e. The number of likely N-dealkylation sites (N-methyl/N-ethyl adjacent to an activating group) is 1. The molecule has 2 nitrogen and oxygen atoms in total. The number of hydrogen-bond acceptors (Lipinski definition) is 2. The number of benzene rings is 1. The van der Waals surface area contributed by atoms with Crippen LogP contribution in [0.1, 0.15) is 46.2 Å². The van der Waals surface area contributed by atoms with E-state index in [-0.39, 0.29) is 6.04 Å². The molecule has 0 aliphatic rings. The molecular weight excluding hydrogens is 270 g/mol. The first-order valence-electron chi connectivity index (χ1n) is 7.78. The molecule has 0 bridgehead atoms.